The zero-order valence-electron chi connectivity index (χ0n) is 14.0. The second-order valence-corrected chi connectivity index (χ2v) is 4.87. The lowest BCUT2D eigenvalue weighted by Gasteiger charge is -2.12. The average Bonchev–Trinajstić information content (AvgIpc) is 2.57. The molecule has 0 atom stereocenters. The normalized spacial score (nSPS) is 11.9. The van der Waals surface area contributed by atoms with Crippen LogP contribution in [-0.2, 0) is 22.5 Å². The van der Waals surface area contributed by atoms with Crippen LogP contribution in [0.4, 0.5) is 0 Å². The van der Waals surface area contributed by atoms with Crippen LogP contribution in [0.2, 0.25) is 0 Å². The van der Waals surface area contributed by atoms with Crippen LogP contribution in [0, 0.1) is 6.92 Å². The van der Waals surface area contributed by atoms with Crippen molar-refractivity contribution in [3.8, 4) is 0 Å². The van der Waals surface area contributed by atoms with E-state index in [4.69, 9.17) is 0 Å². The molecule has 0 aromatic heterocycles. The predicted molar refractivity (Wildman–Crippen MR) is 95.3 cm³/mol. The van der Waals surface area contributed by atoms with Gasteiger partial charge in [0.1, 0.15) is 0 Å². The molecule has 0 fully saturated rings. The van der Waals surface area contributed by atoms with Gasteiger partial charge in [-0.05, 0) is 42.2 Å². The maximum Gasteiger partial charge on any atom is 0.332 e. The van der Waals surface area contributed by atoms with Crippen molar-refractivity contribution in [3.63, 3.8) is 0 Å². The third kappa shape index (κ3) is 6.34. The Bertz CT molecular complexity index is 628. The summed E-state index contributed by atoms with van der Waals surface area (Å²) in [4.78, 5) is 15.3. The summed E-state index contributed by atoms with van der Waals surface area (Å²) in [7, 11) is 1.36. The molecule has 0 amide bonds. The Labute approximate surface area is 138 Å². The highest BCUT2D eigenvalue weighted by molar-refractivity contribution is 5.83. The molecule has 0 aliphatic rings. The van der Waals surface area contributed by atoms with Crippen molar-refractivity contribution < 1.29 is 9.53 Å². The van der Waals surface area contributed by atoms with Crippen LogP contribution in [0.5, 0.6) is 0 Å². The van der Waals surface area contributed by atoms with Gasteiger partial charge < -0.3 is 10.1 Å². The highest BCUT2D eigenvalue weighted by Gasteiger charge is 2.04. The lowest BCUT2D eigenvalue weighted by Crippen LogP contribution is -2.14. The fraction of sp³-hybridized carbons (Fsp3) is 0.263. The minimum absolute atomic E-state index is 0.406. The van der Waals surface area contributed by atoms with Crippen molar-refractivity contribution in [3.05, 3.63) is 71.6 Å². The first-order valence-electron chi connectivity index (χ1n) is 7.54. The smallest absolute Gasteiger partial charge is 0.332 e. The minimum atomic E-state index is -0.406. The van der Waals surface area contributed by atoms with Gasteiger partial charge >= 0.3 is 5.97 Å². The van der Waals surface area contributed by atoms with Gasteiger partial charge in [0.25, 0.3) is 0 Å². The van der Waals surface area contributed by atoms with Crippen LogP contribution in [0.15, 0.2) is 59.9 Å². The molecule has 1 aromatic carbocycles. The zero-order valence-corrected chi connectivity index (χ0v) is 14.0. The Morgan fingerprint density at radius 2 is 2.13 bits per heavy atom. The third-order valence-corrected chi connectivity index (χ3v) is 3.45. The van der Waals surface area contributed by atoms with E-state index in [1.807, 2.05) is 0 Å². The topological polar surface area (TPSA) is 50.7 Å². The Morgan fingerprint density at radius 1 is 1.39 bits per heavy atom. The largest absolute Gasteiger partial charge is 0.466 e. The summed E-state index contributed by atoms with van der Waals surface area (Å²) in [6, 6.07) is 6.27. The van der Waals surface area contributed by atoms with E-state index in [2.05, 4.69) is 53.7 Å². The Balaban J connectivity index is 2.87. The van der Waals surface area contributed by atoms with Gasteiger partial charge in [0.15, 0.2) is 0 Å². The monoisotopic (exact) mass is 312 g/mol. The first-order chi connectivity index (χ1) is 11.1. The van der Waals surface area contributed by atoms with E-state index < -0.39 is 5.97 Å². The lowest BCUT2D eigenvalue weighted by atomic mass is 10.0. The minimum Gasteiger partial charge on any atom is -0.466 e. The second-order valence-electron chi connectivity index (χ2n) is 4.87. The molecule has 1 N–H and O–H groups in total. The van der Waals surface area contributed by atoms with Crippen molar-refractivity contribution in [2.75, 3.05) is 7.11 Å². The molecule has 4 nitrogen and oxygen atoms in total. The third-order valence-electron chi connectivity index (χ3n) is 3.45. The summed E-state index contributed by atoms with van der Waals surface area (Å²) in [5.41, 5.74) is 4.47. The van der Waals surface area contributed by atoms with Gasteiger partial charge in [-0.25, -0.2) is 4.79 Å². The maximum atomic E-state index is 11.5. The van der Waals surface area contributed by atoms with E-state index in [1.165, 1.54) is 36.1 Å². The molecule has 4 heteroatoms. The van der Waals surface area contributed by atoms with Gasteiger partial charge in [0.2, 0.25) is 0 Å². The van der Waals surface area contributed by atoms with Crippen LogP contribution < -0.4 is 5.32 Å². The molecule has 0 bridgehead atoms. The number of allylic oxidation sites excluding steroid dienone is 2. The van der Waals surface area contributed by atoms with Gasteiger partial charge in [0.05, 0.1) is 7.11 Å². The zero-order chi connectivity index (χ0) is 17.1. The van der Waals surface area contributed by atoms with E-state index >= 15 is 0 Å². The number of nitrogens with one attached hydrogen (secondary N) is 1. The van der Waals surface area contributed by atoms with Gasteiger partial charge in [-0.3, -0.25) is 4.99 Å². The van der Waals surface area contributed by atoms with E-state index in [0.717, 1.165) is 6.42 Å². The van der Waals surface area contributed by atoms with Crippen LogP contribution in [0.1, 0.15) is 23.6 Å². The highest BCUT2D eigenvalue weighted by atomic mass is 16.5. The highest BCUT2D eigenvalue weighted by Crippen LogP contribution is 2.14. The van der Waals surface area contributed by atoms with E-state index in [-0.39, 0.29) is 0 Å². The number of methoxy groups -OCH3 is 1. The fourth-order valence-corrected chi connectivity index (χ4v) is 2.11. The molecule has 0 aliphatic heterocycles. The van der Waals surface area contributed by atoms with Crippen LogP contribution in [-0.4, -0.2) is 19.3 Å². The van der Waals surface area contributed by atoms with Crippen molar-refractivity contribution >= 4 is 12.2 Å². The summed E-state index contributed by atoms with van der Waals surface area (Å²) in [5.74, 6) is -0.406. The summed E-state index contributed by atoms with van der Waals surface area (Å²) in [5, 5.41) is 3.26. The number of benzene rings is 1. The molecule has 23 heavy (non-hydrogen) atoms. The van der Waals surface area contributed by atoms with Gasteiger partial charge in [0, 0.05) is 30.7 Å². The quantitative estimate of drug-likeness (QED) is 0.346. The number of aliphatic imine (C=N–C) groups is 1. The Kier molecular flexibility index (Phi) is 8.14. The predicted octanol–water partition coefficient (Wildman–Crippen LogP) is 3.47. The first-order valence-corrected chi connectivity index (χ1v) is 7.54. The molecule has 0 radical (unpaired) electrons. The summed E-state index contributed by atoms with van der Waals surface area (Å²) in [6.07, 6.45) is 8.96. The number of aryl methyl sites for hydroxylation is 1. The van der Waals surface area contributed by atoms with Gasteiger partial charge in [-0.1, -0.05) is 31.7 Å². The summed E-state index contributed by atoms with van der Waals surface area (Å²) in [6.45, 7) is 8.40. The number of ether oxygens (including phenoxy) is 1. The molecule has 1 rings (SSSR count). The summed E-state index contributed by atoms with van der Waals surface area (Å²) >= 11 is 0. The second kappa shape index (κ2) is 10.2. The molecule has 0 heterocycles. The van der Waals surface area contributed by atoms with Crippen molar-refractivity contribution in [1.82, 2.24) is 5.32 Å². The molecule has 122 valence electrons. The van der Waals surface area contributed by atoms with Crippen molar-refractivity contribution in [2.24, 2.45) is 4.99 Å². The number of nitrogens with zero attached hydrogens (tertiary/aromatic N) is 1. The number of carbonyl (C=O) groups is 1. The average molecular weight is 312 g/mol. The number of carbonyl (C=O) groups excluding carboxylic acids is 1. The van der Waals surface area contributed by atoms with Crippen LogP contribution in [0.25, 0.3) is 0 Å². The first kappa shape index (κ1) is 18.4. The number of rotatable bonds is 8. The molecule has 0 saturated carbocycles. The van der Waals surface area contributed by atoms with Crippen LogP contribution in [0.3, 0.4) is 0 Å². The van der Waals surface area contributed by atoms with E-state index in [1.54, 1.807) is 18.4 Å². The van der Waals surface area contributed by atoms with Gasteiger partial charge in [-0.2, -0.15) is 0 Å². The van der Waals surface area contributed by atoms with Crippen molar-refractivity contribution in [2.45, 2.75) is 26.8 Å². The molecule has 0 spiro atoms. The molecular weight excluding hydrogens is 288 g/mol. The number of hydrogen-bond acceptors (Lipinski definition) is 4. The molecule has 1 aromatic rings. The Hall–Kier alpha value is -2.62. The SMILES string of the molecule is C=C/N=C/C=C\C(=C\C(=O)OC)NCc1cccc(CC)c1C. The van der Waals surface area contributed by atoms with E-state index in [9.17, 15) is 4.79 Å². The molecule has 0 saturated heterocycles. The van der Waals surface area contributed by atoms with Crippen molar-refractivity contribution in [1.29, 1.82) is 0 Å². The molecule has 0 aliphatic carbocycles. The lowest BCUT2D eigenvalue weighted by molar-refractivity contribution is -0.134. The number of esters is 1. The number of hydrogen-bond donors (Lipinski definition) is 1. The van der Waals surface area contributed by atoms with Gasteiger partial charge in [-0.15, -0.1) is 0 Å². The van der Waals surface area contributed by atoms with E-state index in [0.29, 0.717) is 12.2 Å². The maximum absolute atomic E-state index is 11.5. The summed E-state index contributed by atoms with van der Waals surface area (Å²) < 4.78 is 4.68. The van der Waals surface area contributed by atoms with Crippen LogP contribution >= 0.6 is 0 Å². The molecular formula is C19H24N2O2. The Morgan fingerprint density at radius 3 is 2.78 bits per heavy atom. The fourth-order valence-electron chi connectivity index (χ4n) is 2.11. The molecule has 0 unspecified atom stereocenters. The standard InChI is InChI=1S/C19H24N2O2/c1-5-16-9-7-10-17(15(16)3)14-21-18(13-19(22)23-4)11-8-12-20-6-2/h6-13,21H,2,5,14H2,1,3-4H3/b11-8-,18-13-,20-12+.